The zero-order chi connectivity index (χ0) is 38.5. The number of carbonyl (C=O) groups excluding carboxylic acids is 3. The molecule has 2 aliphatic heterocycles. The average Bonchev–Trinajstić information content (AvgIpc) is 3.61. The number of aromatic nitrogens is 3. The molecule has 0 spiro atoms. The molecule has 0 radical (unpaired) electrons. The maximum Gasteiger partial charge on any atom is 0.249 e. The minimum Gasteiger partial charge on any atom is -0.374 e. The van der Waals surface area contributed by atoms with Crippen LogP contribution in [0, 0.1) is 12.3 Å². The van der Waals surface area contributed by atoms with Crippen LogP contribution in [0.1, 0.15) is 93.9 Å². The number of amides is 3. The summed E-state index contributed by atoms with van der Waals surface area (Å²) < 4.78 is 1.90. The van der Waals surface area contributed by atoms with Gasteiger partial charge in [-0.05, 0) is 116 Å². The molecule has 3 amide bonds. The van der Waals surface area contributed by atoms with E-state index in [0.717, 1.165) is 90.0 Å². The number of nitrogens with one attached hydrogen (secondary N) is 3. The summed E-state index contributed by atoms with van der Waals surface area (Å²) in [5, 5.41) is 13.3. The number of likely N-dealkylation sites (tertiary alicyclic amines) is 1. The van der Waals surface area contributed by atoms with Crippen molar-refractivity contribution in [3.05, 3.63) is 108 Å². The maximum absolute atomic E-state index is 12.4. The van der Waals surface area contributed by atoms with Gasteiger partial charge in [0, 0.05) is 48.9 Å². The number of anilines is 1. The second kappa shape index (κ2) is 16.6. The second-order valence-electron chi connectivity index (χ2n) is 16.5. The zero-order valence-electron chi connectivity index (χ0n) is 32.5. The van der Waals surface area contributed by atoms with Gasteiger partial charge in [0.1, 0.15) is 12.4 Å². The number of hydrogen-bond donors (Lipinski definition) is 3. The highest BCUT2D eigenvalue weighted by Crippen LogP contribution is 2.32. The molecule has 0 aliphatic carbocycles. The molecule has 2 aliphatic rings. The number of rotatable bonds is 12. The monoisotopic (exact) mass is 739 g/mol. The van der Waals surface area contributed by atoms with E-state index in [-0.39, 0.29) is 29.2 Å². The Labute approximate surface area is 324 Å². The molecule has 5 aromatic rings. The maximum atomic E-state index is 12.4. The molecule has 0 bridgehead atoms. The Morgan fingerprint density at radius 1 is 0.909 bits per heavy atom. The van der Waals surface area contributed by atoms with Crippen molar-refractivity contribution in [1.29, 1.82) is 0 Å². The van der Waals surface area contributed by atoms with Gasteiger partial charge in [-0.15, -0.1) is 0 Å². The first-order valence-corrected chi connectivity index (χ1v) is 19.7. The van der Waals surface area contributed by atoms with E-state index in [1.807, 2.05) is 16.6 Å². The summed E-state index contributed by atoms with van der Waals surface area (Å²) in [4.78, 5) is 43.2. The fourth-order valence-electron chi connectivity index (χ4n) is 7.78. The molecule has 1 unspecified atom stereocenters. The molecule has 2 fully saturated rings. The number of benzene rings is 3. The Morgan fingerprint density at radius 3 is 2.36 bits per heavy atom. The number of piperidine rings is 2. The third-order valence-corrected chi connectivity index (χ3v) is 11.1. The van der Waals surface area contributed by atoms with Crippen molar-refractivity contribution in [2.24, 2.45) is 5.41 Å². The van der Waals surface area contributed by atoms with E-state index < -0.39 is 0 Å². The van der Waals surface area contributed by atoms with Crippen LogP contribution in [0.5, 0.6) is 0 Å². The van der Waals surface area contributed by atoms with Gasteiger partial charge in [-0.1, -0.05) is 69.3 Å². The molecule has 0 saturated carbocycles. The predicted molar refractivity (Wildman–Crippen MR) is 217 cm³/mol. The molecule has 1 atom stereocenters. The van der Waals surface area contributed by atoms with E-state index in [2.05, 4.69) is 125 Å². The van der Waals surface area contributed by atoms with Crippen molar-refractivity contribution in [3.63, 3.8) is 0 Å². The zero-order valence-corrected chi connectivity index (χ0v) is 32.5. The van der Waals surface area contributed by atoms with Gasteiger partial charge >= 0.3 is 0 Å². The summed E-state index contributed by atoms with van der Waals surface area (Å²) >= 11 is 0. The van der Waals surface area contributed by atoms with Crippen LogP contribution in [-0.4, -0.2) is 56.4 Å². The Hall–Kier alpha value is -5.35. The van der Waals surface area contributed by atoms with E-state index in [9.17, 15) is 14.4 Å². The van der Waals surface area contributed by atoms with E-state index in [1.165, 1.54) is 11.1 Å². The van der Waals surface area contributed by atoms with Gasteiger partial charge in [0.05, 0.1) is 11.2 Å². The first-order chi connectivity index (χ1) is 26.5. The lowest BCUT2D eigenvalue weighted by atomic mass is 9.89. The molecule has 286 valence electrons. The highest BCUT2D eigenvalue weighted by atomic mass is 16.2. The van der Waals surface area contributed by atoms with Crippen LogP contribution < -0.4 is 16.0 Å². The fourth-order valence-corrected chi connectivity index (χ4v) is 7.78. The van der Waals surface area contributed by atoms with Crippen molar-refractivity contribution in [2.75, 3.05) is 18.4 Å². The molecule has 55 heavy (non-hydrogen) atoms. The normalized spacial score (nSPS) is 17.0. The van der Waals surface area contributed by atoms with Gasteiger partial charge in [0.15, 0.2) is 0 Å². The largest absolute Gasteiger partial charge is 0.374 e. The Morgan fingerprint density at radius 2 is 1.65 bits per heavy atom. The average molecular weight is 740 g/mol. The lowest BCUT2D eigenvalue weighted by molar-refractivity contribution is -0.133. The van der Waals surface area contributed by atoms with Gasteiger partial charge in [-0.25, -0.2) is 9.50 Å². The minimum absolute atomic E-state index is 0.0998. The van der Waals surface area contributed by atoms with Gasteiger partial charge in [-0.2, -0.15) is 5.10 Å². The van der Waals surface area contributed by atoms with E-state index in [0.29, 0.717) is 31.7 Å². The highest BCUT2D eigenvalue weighted by Gasteiger charge is 2.27. The summed E-state index contributed by atoms with van der Waals surface area (Å²) in [6.07, 6.45) is 9.26. The molecule has 2 aromatic heterocycles. The van der Waals surface area contributed by atoms with Crippen molar-refractivity contribution in [2.45, 2.75) is 97.7 Å². The molecule has 3 aromatic carbocycles. The third-order valence-electron chi connectivity index (χ3n) is 11.1. The molecular weight excluding hydrogens is 687 g/mol. The van der Waals surface area contributed by atoms with Crippen molar-refractivity contribution >= 4 is 28.9 Å². The number of hydrogen-bond acceptors (Lipinski definition) is 7. The fraction of sp³-hybridized carbons (Fsp3) is 0.400. The van der Waals surface area contributed by atoms with Crippen LogP contribution in [0.25, 0.3) is 27.9 Å². The first-order valence-electron chi connectivity index (χ1n) is 19.7. The molecule has 2 saturated heterocycles. The molecule has 10 nitrogen and oxygen atoms in total. The number of fused-ring (bicyclic) bond motifs is 1. The number of nitrogens with zero attached hydrogens (tertiary/aromatic N) is 4. The van der Waals surface area contributed by atoms with Crippen LogP contribution in [0.15, 0.2) is 85.3 Å². The first kappa shape index (κ1) is 37.9. The van der Waals surface area contributed by atoms with Gasteiger partial charge in [-0.3, -0.25) is 24.6 Å². The van der Waals surface area contributed by atoms with Crippen molar-refractivity contribution in [3.8, 4) is 22.4 Å². The van der Waals surface area contributed by atoms with E-state index >= 15 is 0 Å². The van der Waals surface area contributed by atoms with Gasteiger partial charge < -0.3 is 10.6 Å². The Balaban J connectivity index is 0.920. The lowest BCUT2D eigenvalue weighted by Crippen LogP contribution is -2.47. The van der Waals surface area contributed by atoms with Gasteiger partial charge in [0.2, 0.25) is 17.7 Å². The predicted octanol–water partition coefficient (Wildman–Crippen LogP) is 7.80. The highest BCUT2D eigenvalue weighted by molar-refractivity contribution is 6.01. The summed E-state index contributed by atoms with van der Waals surface area (Å²) in [6.45, 7) is 12.2. The summed E-state index contributed by atoms with van der Waals surface area (Å²) in [6, 6.07) is 25.4. The topological polar surface area (TPSA) is 121 Å². The van der Waals surface area contributed by atoms with Crippen molar-refractivity contribution in [1.82, 2.24) is 30.1 Å². The summed E-state index contributed by atoms with van der Waals surface area (Å²) in [5.74, 6) is 0.167. The second-order valence-corrected chi connectivity index (χ2v) is 16.5. The van der Waals surface area contributed by atoms with Gasteiger partial charge in [0.25, 0.3) is 0 Å². The van der Waals surface area contributed by atoms with Crippen LogP contribution in [0.3, 0.4) is 0 Å². The quantitative estimate of drug-likeness (QED) is 0.112. The number of imide groups is 1. The summed E-state index contributed by atoms with van der Waals surface area (Å²) in [5.41, 5.74) is 11.1. The SMILES string of the molecule is Cc1cc(-c2ncnn3cc(-c4ccc(CN5CCC(c6ccc(NC7CCC(=O)NC7=O)cc6)CC5)cc4)cc23)ccc1CNC(=O)CCCC(C)(C)C. The molecule has 4 heterocycles. The Bertz CT molecular complexity index is 2140. The molecular formula is C45H53N7O3. The Kier molecular flexibility index (Phi) is 11.4. The smallest absolute Gasteiger partial charge is 0.249 e. The van der Waals surface area contributed by atoms with Crippen molar-refractivity contribution < 1.29 is 14.4 Å². The number of carbonyl (C=O) groups is 3. The van der Waals surface area contributed by atoms with Crippen LogP contribution >= 0.6 is 0 Å². The standard InChI is InChI=1S/C45H53N7O3/c1-30-24-35(11-12-36(30)26-46-41(53)6-5-21-45(2,3)4)43-40-25-37(28-52(40)48-29-47-43)33-9-7-31(8-10-33)27-51-22-19-34(20-23-51)32-13-15-38(16-14-32)49-39-17-18-42(54)50-44(39)55/h7-16,24-25,28-29,34,39,49H,5-6,17-23,26-27H2,1-4H3,(H,46,53)(H,50,54,55). The van der Waals surface area contributed by atoms with Crippen LogP contribution in [0.4, 0.5) is 5.69 Å². The third kappa shape index (κ3) is 9.67. The van der Waals surface area contributed by atoms with E-state index in [4.69, 9.17) is 0 Å². The lowest BCUT2D eigenvalue weighted by Gasteiger charge is -2.32. The molecule has 3 N–H and O–H groups in total. The van der Waals surface area contributed by atoms with E-state index in [1.54, 1.807) is 6.33 Å². The van der Waals surface area contributed by atoms with Crippen LogP contribution in [-0.2, 0) is 27.5 Å². The summed E-state index contributed by atoms with van der Waals surface area (Å²) in [7, 11) is 0. The number of aryl methyl sites for hydroxylation is 1. The minimum atomic E-state index is -0.369. The molecule has 10 heteroatoms. The molecule has 7 rings (SSSR count). The van der Waals surface area contributed by atoms with Crippen LogP contribution in [0.2, 0.25) is 0 Å².